The van der Waals surface area contributed by atoms with E-state index >= 15 is 0 Å². The molecule has 0 N–H and O–H groups in total. The molecule has 0 spiro atoms. The van der Waals surface area contributed by atoms with Crippen molar-refractivity contribution in [1.29, 1.82) is 0 Å². The largest absolute Gasteiger partial charge is 0.453 e. The van der Waals surface area contributed by atoms with Crippen LogP contribution in [-0.2, 0) is 0 Å². The third-order valence-electron chi connectivity index (χ3n) is 3.12. The fourth-order valence-electron chi connectivity index (χ4n) is 1.98. The number of ketones is 1. The Labute approximate surface area is 94.3 Å². The number of benzene rings is 1. The summed E-state index contributed by atoms with van der Waals surface area (Å²) in [6, 6.07) is 7.85. The van der Waals surface area contributed by atoms with E-state index in [0.29, 0.717) is 18.1 Å². The van der Waals surface area contributed by atoms with Crippen molar-refractivity contribution in [3.8, 4) is 0 Å². The summed E-state index contributed by atoms with van der Waals surface area (Å²) in [7, 11) is 0. The Bertz CT molecular complexity index is 547. The molecular weight excluding hydrogens is 200 g/mol. The first-order chi connectivity index (χ1) is 7.72. The molecule has 1 fully saturated rings. The van der Waals surface area contributed by atoms with Gasteiger partial charge in [0.05, 0.1) is 0 Å². The van der Waals surface area contributed by atoms with Gasteiger partial charge in [-0.3, -0.25) is 4.79 Å². The molecular formula is C14H14O2. The van der Waals surface area contributed by atoms with Crippen LogP contribution in [0.1, 0.15) is 35.4 Å². The SMILES string of the molecule is Cc1ccc2oc(C(=O)CC3CC3)cc2c1. The third kappa shape index (κ3) is 1.75. The lowest BCUT2D eigenvalue weighted by Gasteiger charge is -1.92. The van der Waals surface area contributed by atoms with Crippen LogP contribution in [0.5, 0.6) is 0 Å². The van der Waals surface area contributed by atoms with Crippen LogP contribution in [0.3, 0.4) is 0 Å². The normalized spacial score (nSPS) is 15.6. The molecule has 1 aliphatic carbocycles. The number of Topliss-reactive ketones (excluding diaryl/α,β-unsaturated/α-hetero) is 1. The molecule has 2 aromatic rings. The predicted molar refractivity (Wildman–Crippen MR) is 62.6 cm³/mol. The van der Waals surface area contributed by atoms with Crippen LogP contribution in [0.15, 0.2) is 28.7 Å². The van der Waals surface area contributed by atoms with E-state index in [4.69, 9.17) is 4.42 Å². The molecule has 2 heteroatoms. The molecule has 0 bridgehead atoms. The Kier molecular flexibility index (Phi) is 2.10. The molecule has 82 valence electrons. The zero-order valence-corrected chi connectivity index (χ0v) is 9.32. The van der Waals surface area contributed by atoms with Crippen molar-refractivity contribution in [2.24, 2.45) is 5.92 Å². The van der Waals surface area contributed by atoms with E-state index in [9.17, 15) is 4.79 Å². The third-order valence-corrected chi connectivity index (χ3v) is 3.12. The number of rotatable bonds is 3. The lowest BCUT2D eigenvalue weighted by Crippen LogP contribution is -1.97. The highest BCUT2D eigenvalue weighted by atomic mass is 16.3. The topological polar surface area (TPSA) is 30.2 Å². The summed E-state index contributed by atoms with van der Waals surface area (Å²) in [6.07, 6.45) is 3.05. The first-order valence-electron chi connectivity index (χ1n) is 5.76. The van der Waals surface area contributed by atoms with Crippen LogP contribution in [0, 0.1) is 12.8 Å². The van der Waals surface area contributed by atoms with E-state index in [1.165, 1.54) is 18.4 Å². The van der Waals surface area contributed by atoms with Gasteiger partial charge in [0.1, 0.15) is 5.58 Å². The molecule has 2 nitrogen and oxygen atoms in total. The molecule has 1 saturated carbocycles. The van der Waals surface area contributed by atoms with Gasteiger partial charge in [0.25, 0.3) is 0 Å². The van der Waals surface area contributed by atoms with Gasteiger partial charge in [-0.2, -0.15) is 0 Å². The van der Waals surface area contributed by atoms with Gasteiger partial charge in [-0.15, -0.1) is 0 Å². The standard InChI is InChI=1S/C14H14O2/c1-9-2-5-13-11(6-9)8-14(16-13)12(15)7-10-3-4-10/h2,5-6,8,10H,3-4,7H2,1H3. The highest BCUT2D eigenvalue weighted by Gasteiger charge is 2.26. The summed E-state index contributed by atoms with van der Waals surface area (Å²) < 4.78 is 5.56. The Balaban J connectivity index is 1.94. The lowest BCUT2D eigenvalue weighted by molar-refractivity contribution is 0.0951. The monoisotopic (exact) mass is 214 g/mol. The molecule has 1 aliphatic rings. The van der Waals surface area contributed by atoms with E-state index in [2.05, 4.69) is 0 Å². The number of fused-ring (bicyclic) bond motifs is 1. The number of aryl methyl sites for hydroxylation is 1. The smallest absolute Gasteiger partial charge is 0.198 e. The van der Waals surface area contributed by atoms with Gasteiger partial charge < -0.3 is 4.42 Å². The molecule has 0 saturated heterocycles. The Morgan fingerprint density at radius 2 is 2.19 bits per heavy atom. The summed E-state index contributed by atoms with van der Waals surface area (Å²) in [5, 5.41) is 1.03. The zero-order valence-electron chi connectivity index (χ0n) is 9.32. The van der Waals surface area contributed by atoms with Crippen molar-refractivity contribution >= 4 is 16.8 Å². The van der Waals surface area contributed by atoms with Crippen LogP contribution in [0.25, 0.3) is 11.0 Å². The van der Waals surface area contributed by atoms with Crippen LogP contribution >= 0.6 is 0 Å². The van der Waals surface area contributed by atoms with Gasteiger partial charge in [0.15, 0.2) is 11.5 Å². The molecule has 0 unspecified atom stereocenters. The highest BCUT2D eigenvalue weighted by Crippen LogP contribution is 2.34. The molecule has 0 radical (unpaired) electrons. The van der Waals surface area contributed by atoms with Crippen molar-refractivity contribution < 1.29 is 9.21 Å². The number of furan rings is 1. The maximum atomic E-state index is 11.9. The average molecular weight is 214 g/mol. The van der Waals surface area contributed by atoms with Crippen LogP contribution < -0.4 is 0 Å². The second-order valence-electron chi connectivity index (χ2n) is 4.72. The van der Waals surface area contributed by atoms with E-state index in [1.54, 1.807) is 0 Å². The number of carbonyl (C=O) groups is 1. The predicted octanol–water partition coefficient (Wildman–Crippen LogP) is 3.72. The Morgan fingerprint density at radius 1 is 1.38 bits per heavy atom. The molecule has 0 amide bonds. The molecule has 1 aromatic carbocycles. The van der Waals surface area contributed by atoms with Crippen molar-refractivity contribution in [3.63, 3.8) is 0 Å². The van der Waals surface area contributed by atoms with Gasteiger partial charge in [0.2, 0.25) is 0 Å². The van der Waals surface area contributed by atoms with Crippen molar-refractivity contribution in [1.82, 2.24) is 0 Å². The van der Waals surface area contributed by atoms with E-state index < -0.39 is 0 Å². The minimum Gasteiger partial charge on any atom is -0.453 e. The van der Waals surface area contributed by atoms with Gasteiger partial charge in [-0.05, 0) is 43.9 Å². The summed E-state index contributed by atoms with van der Waals surface area (Å²) in [6.45, 7) is 2.04. The van der Waals surface area contributed by atoms with Gasteiger partial charge in [-0.1, -0.05) is 11.6 Å². The van der Waals surface area contributed by atoms with Crippen LogP contribution in [0.2, 0.25) is 0 Å². The fraction of sp³-hybridized carbons (Fsp3) is 0.357. The number of carbonyl (C=O) groups excluding carboxylic acids is 1. The average Bonchev–Trinajstić information content (AvgIpc) is 2.95. The quantitative estimate of drug-likeness (QED) is 0.729. The van der Waals surface area contributed by atoms with Crippen molar-refractivity contribution in [3.05, 3.63) is 35.6 Å². The first-order valence-corrected chi connectivity index (χ1v) is 5.76. The van der Waals surface area contributed by atoms with Crippen LogP contribution in [-0.4, -0.2) is 5.78 Å². The Morgan fingerprint density at radius 3 is 2.94 bits per heavy atom. The number of hydrogen-bond acceptors (Lipinski definition) is 2. The molecule has 1 aromatic heterocycles. The summed E-state index contributed by atoms with van der Waals surface area (Å²) in [5.74, 6) is 1.28. The fourth-order valence-corrected chi connectivity index (χ4v) is 1.98. The van der Waals surface area contributed by atoms with Gasteiger partial charge in [-0.25, -0.2) is 0 Å². The molecule has 0 atom stereocenters. The zero-order chi connectivity index (χ0) is 11.1. The molecule has 0 aliphatic heterocycles. The Hall–Kier alpha value is -1.57. The van der Waals surface area contributed by atoms with E-state index in [0.717, 1.165) is 11.0 Å². The second-order valence-corrected chi connectivity index (χ2v) is 4.72. The summed E-state index contributed by atoms with van der Waals surface area (Å²) >= 11 is 0. The molecule has 16 heavy (non-hydrogen) atoms. The van der Waals surface area contributed by atoms with E-state index in [1.807, 2.05) is 31.2 Å². The lowest BCUT2D eigenvalue weighted by atomic mass is 10.1. The maximum Gasteiger partial charge on any atom is 0.198 e. The second kappa shape index (κ2) is 3.48. The highest BCUT2D eigenvalue weighted by molar-refractivity contribution is 5.97. The molecule has 3 rings (SSSR count). The van der Waals surface area contributed by atoms with Gasteiger partial charge >= 0.3 is 0 Å². The van der Waals surface area contributed by atoms with Gasteiger partial charge in [0, 0.05) is 11.8 Å². The summed E-state index contributed by atoms with van der Waals surface area (Å²) in [5.41, 5.74) is 2.00. The number of hydrogen-bond donors (Lipinski definition) is 0. The molecule has 1 heterocycles. The van der Waals surface area contributed by atoms with Crippen molar-refractivity contribution in [2.75, 3.05) is 0 Å². The van der Waals surface area contributed by atoms with Crippen LogP contribution in [0.4, 0.5) is 0 Å². The maximum absolute atomic E-state index is 11.9. The first kappa shape index (κ1) is 9.64. The summed E-state index contributed by atoms with van der Waals surface area (Å²) in [4.78, 5) is 11.9. The van der Waals surface area contributed by atoms with Crippen molar-refractivity contribution in [2.45, 2.75) is 26.2 Å². The minimum atomic E-state index is 0.149. The van der Waals surface area contributed by atoms with E-state index in [-0.39, 0.29) is 5.78 Å². The minimum absolute atomic E-state index is 0.149.